The molecule has 1 heterocycles. The van der Waals surface area contributed by atoms with Crippen LogP contribution >= 0.6 is 39.1 Å². The van der Waals surface area contributed by atoms with Crippen LogP contribution in [-0.2, 0) is 6.61 Å². The summed E-state index contributed by atoms with van der Waals surface area (Å²) in [6.45, 7) is 8.46. The van der Waals surface area contributed by atoms with E-state index in [1.807, 2.05) is 32.0 Å². The van der Waals surface area contributed by atoms with Crippen LogP contribution in [-0.4, -0.2) is 27.4 Å². The minimum Gasteiger partial charge on any atom is -0.494 e. The van der Waals surface area contributed by atoms with Crippen molar-refractivity contribution in [1.29, 1.82) is 0 Å². The first-order valence-corrected chi connectivity index (χ1v) is 15.9. The molecule has 0 aliphatic heterocycles. The number of nitrogens with zero attached hydrogens (tertiary/aromatic N) is 4. The maximum atomic E-state index is 14.0. The number of aryl methyl sites for hydroxylation is 1. The maximum absolute atomic E-state index is 14.0. The molecule has 0 fully saturated rings. The van der Waals surface area contributed by atoms with Crippen LogP contribution in [0.3, 0.4) is 0 Å². The highest BCUT2D eigenvalue weighted by Crippen LogP contribution is 2.36. The third-order valence-corrected chi connectivity index (χ3v) is 8.41. The van der Waals surface area contributed by atoms with Gasteiger partial charge >= 0.3 is 5.69 Å². The van der Waals surface area contributed by atoms with Gasteiger partial charge in [0.05, 0.1) is 38.7 Å². The van der Waals surface area contributed by atoms with E-state index in [1.54, 1.807) is 42.5 Å². The first-order chi connectivity index (χ1) is 22.0. The largest absolute Gasteiger partial charge is 0.494 e. The van der Waals surface area contributed by atoms with Crippen molar-refractivity contribution in [2.45, 2.75) is 40.2 Å². The topological polar surface area (TPSA) is 109 Å². The van der Waals surface area contributed by atoms with Gasteiger partial charge in [0.25, 0.3) is 5.56 Å². The molecule has 9 nitrogen and oxygen atoms in total. The number of para-hydroxylation sites is 1. The van der Waals surface area contributed by atoms with Crippen molar-refractivity contribution >= 4 is 61.9 Å². The second kappa shape index (κ2) is 14.0. The molecule has 4 aromatic carbocycles. The second-order valence-electron chi connectivity index (χ2n) is 10.7. The van der Waals surface area contributed by atoms with Crippen molar-refractivity contribution in [1.82, 2.24) is 9.66 Å². The fraction of sp³-hybridized carbons (Fsp3) is 0.206. The molecule has 5 aromatic rings. The fourth-order valence-electron chi connectivity index (χ4n) is 4.97. The summed E-state index contributed by atoms with van der Waals surface area (Å²) < 4.78 is 13.5. The molecule has 0 saturated heterocycles. The highest BCUT2D eigenvalue weighted by Gasteiger charge is 2.22. The lowest BCUT2D eigenvalue weighted by atomic mass is 9.96. The molecule has 0 saturated carbocycles. The molecular formula is C34H29BrCl2N4O5. The van der Waals surface area contributed by atoms with E-state index in [9.17, 15) is 14.9 Å². The molecule has 5 rings (SSSR count). The summed E-state index contributed by atoms with van der Waals surface area (Å²) in [6.07, 6.45) is 1.36. The summed E-state index contributed by atoms with van der Waals surface area (Å²) in [5, 5.41) is 17.8. The van der Waals surface area contributed by atoms with Gasteiger partial charge in [-0.1, -0.05) is 71.2 Å². The van der Waals surface area contributed by atoms with Gasteiger partial charge in [0, 0.05) is 21.7 Å². The summed E-state index contributed by atoms with van der Waals surface area (Å²) in [4.78, 5) is 30.4. The smallest absolute Gasteiger partial charge is 0.312 e. The minimum atomic E-state index is -0.543. The van der Waals surface area contributed by atoms with Crippen molar-refractivity contribution in [3.63, 3.8) is 0 Å². The van der Waals surface area contributed by atoms with E-state index in [0.717, 1.165) is 16.9 Å². The van der Waals surface area contributed by atoms with Crippen molar-refractivity contribution in [2.75, 3.05) is 6.61 Å². The highest BCUT2D eigenvalue weighted by atomic mass is 79.9. The van der Waals surface area contributed by atoms with E-state index in [1.165, 1.54) is 17.0 Å². The van der Waals surface area contributed by atoms with Gasteiger partial charge in [0.1, 0.15) is 12.4 Å². The molecule has 0 N–H and O–H groups in total. The number of halogens is 3. The zero-order valence-electron chi connectivity index (χ0n) is 25.4. The van der Waals surface area contributed by atoms with Crippen molar-refractivity contribution < 1.29 is 14.4 Å². The van der Waals surface area contributed by atoms with E-state index < -0.39 is 10.5 Å². The van der Waals surface area contributed by atoms with Gasteiger partial charge in [-0.15, -0.1) is 0 Å². The van der Waals surface area contributed by atoms with Crippen LogP contribution in [0.15, 0.2) is 81.1 Å². The Labute approximate surface area is 283 Å². The molecule has 0 spiro atoms. The molecule has 12 heteroatoms. The Hall–Kier alpha value is -4.25. The lowest BCUT2D eigenvalue weighted by Crippen LogP contribution is -2.21. The van der Waals surface area contributed by atoms with Crippen LogP contribution in [0.1, 0.15) is 48.9 Å². The van der Waals surface area contributed by atoms with Gasteiger partial charge in [0.2, 0.25) is 5.75 Å². The number of hydrogen-bond acceptors (Lipinski definition) is 7. The van der Waals surface area contributed by atoms with Crippen LogP contribution < -0.4 is 15.0 Å². The van der Waals surface area contributed by atoms with Crippen molar-refractivity contribution in [2.24, 2.45) is 5.10 Å². The summed E-state index contributed by atoms with van der Waals surface area (Å²) in [6, 6.07) is 18.9. The SMILES string of the molecule is CCOc1cc(C)c(-c2nc3ccccc3c(=O)n2N=Cc2cc(Br)cc([N+](=O)[O-])c2OCc2ccc(Cl)c(Cl)c2)cc1C(C)C. The van der Waals surface area contributed by atoms with Gasteiger partial charge in [-0.25, -0.2) is 4.98 Å². The van der Waals surface area contributed by atoms with Crippen molar-refractivity contribution in [3.8, 4) is 22.9 Å². The molecular weight excluding hydrogens is 695 g/mol. The molecule has 236 valence electrons. The number of aromatic nitrogens is 2. The fourth-order valence-corrected chi connectivity index (χ4v) is 5.75. The molecule has 0 radical (unpaired) electrons. The molecule has 0 amide bonds. The number of benzene rings is 4. The van der Waals surface area contributed by atoms with Crippen LogP contribution in [0.5, 0.6) is 11.5 Å². The van der Waals surface area contributed by atoms with Gasteiger partial charge < -0.3 is 9.47 Å². The van der Waals surface area contributed by atoms with Crippen LogP contribution in [0, 0.1) is 17.0 Å². The standard InChI is InChI=1S/C34H29BrCl2N4O5/c1-5-45-31-12-20(4)26(16-25(31)19(2)3)33-39-29-9-7-6-8-24(29)34(42)40(33)38-17-22-14-23(35)15-30(41(43)44)32(22)46-18-21-10-11-27(36)28(37)13-21/h6-17,19H,5,18H2,1-4H3. The number of nitro groups is 1. The number of nitro benzene ring substituents is 1. The summed E-state index contributed by atoms with van der Waals surface area (Å²) >= 11 is 15.6. The Bertz CT molecular complexity index is 2060. The Morgan fingerprint density at radius 3 is 2.52 bits per heavy atom. The van der Waals surface area contributed by atoms with Gasteiger partial charge in [-0.05, 0) is 78.9 Å². The lowest BCUT2D eigenvalue weighted by molar-refractivity contribution is -0.386. The maximum Gasteiger partial charge on any atom is 0.312 e. The summed E-state index contributed by atoms with van der Waals surface area (Å²) in [7, 11) is 0. The summed E-state index contributed by atoms with van der Waals surface area (Å²) in [5.74, 6) is 1.17. The molecule has 0 aliphatic rings. The Balaban J connectivity index is 1.69. The van der Waals surface area contributed by atoms with Gasteiger partial charge in [-0.3, -0.25) is 14.9 Å². The number of rotatable bonds is 10. The molecule has 1 aromatic heterocycles. The number of fused-ring (bicyclic) bond motifs is 1. The minimum absolute atomic E-state index is 0.0354. The first-order valence-electron chi connectivity index (χ1n) is 14.4. The molecule has 0 aliphatic carbocycles. The monoisotopic (exact) mass is 722 g/mol. The Morgan fingerprint density at radius 1 is 1.07 bits per heavy atom. The predicted molar refractivity (Wildman–Crippen MR) is 186 cm³/mol. The van der Waals surface area contributed by atoms with Crippen LogP contribution in [0.25, 0.3) is 22.3 Å². The third kappa shape index (κ3) is 6.94. The zero-order valence-corrected chi connectivity index (χ0v) is 28.5. The average molecular weight is 724 g/mol. The van der Waals surface area contributed by atoms with Crippen molar-refractivity contribution in [3.05, 3.63) is 124 Å². The molecule has 0 unspecified atom stereocenters. The van der Waals surface area contributed by atoms with Crippen LogP contribution in [0.4, 0.5) is 5.69 Å². The normalized spacial score (nSPS) is 11.5. The number of hydrogen-bond donors (Lipinski definition) is 0. The Morgan fingerprint density at radius 2 is 1.83 bits per heavy atom. The average Bonchev–Trinajstić information content (AvgIpc) is 3.01. The van der Waals surface area contributed by atoms with E-state index in [4.69, 9.17) is 37.7 Å². The zero-order chi connectivity index (χ0) is 33.1. The first kappa shape index (κ1) is 33.1. The second-order valence-corrected chi connectivity index (χ2v) is 12.5. The van der Waals surface area contributed by atoms with E-state index in [2.05, 4.69) is 34.9 Å². The highest BCUT2D eigenvalue weighted by molar-refractivity contribution is 9.10. The van der Waals surface area contributed by atoms with Gasteiger partial charge in [0.15, 0.2) is 5.82 Å². The predicted octanol–water partition coefficient (Wildman–Crippen LogP) is 9.33. The van der Waals surface area contributed by atoms with Gasteiger partial charge in [-0.2, -0.15) is 9.78 Å². The molecule has 0 bridgehead atoms. The lowest BCUT2D eigenvalue weighted by Gasteiger charge is -2.18. The van der Waals surface area contributed by atoms with E-state index >= 15 is 0 Å². The third-order valence-electron chi connectivity index (χ3n) is 7.21. The van der Waals surface area contributed by atoms with E-state index in [0.29, 0.717) is 49.0 Å². The van der Waals surface area contributed by atoms with Crippen LogP contribution in [0.2, 0.25) is 10.0 Å². The van der Waals surface area contributed by atoms with E-state index in [-0.39, 0.29) is 29.5 Å². The Kier molecular flexibility index (Phi) is 10.1. The molecule has 46 heavy (non-hydrogen) atoms. The quantitative estimate of drug-likeness (QED) is 0.0807. The number of ether oxygens (including phenoxy) is 2. The molecule has 0 atom stereocenters. The summed E-state index contributed by atoms with van der Waals surface area (Å²) in [5.41, 5.74) is 3.23.